The number of H-pyrrole nitrogens is 1. The molecule has 0 radical (unpaired) electrons. The number of rotatable bonds is 4. The number of nitrogens with one attached hydrogen (secondary N) is 3. The summed E-state index contributed by atoms with van der Waals surface area (Å²) in [6, 6.07) is -0.153. The molecule has 5 nitrogen and oxygen atoms in total. The molecule has 5 heteroatoms. The molecular formula is C13H22N4O. The van der Waals surface area contributed by atoms with Crippen molar-refractivity contribution in [1.82, 2.24) is 20.6 Å². The molecule has 1 aliphatic heterocycles. The minimum absolute atomic E-state index is 0.0798. The Labute approximate surface area is 108 Å². The molecule has 100 valence electrons. The number of hydrogen-bond donors (Lipinski definition) is 3. The van der Waals surface area contributed by atoms with Crippen LogP contribution in [0.5, 0.6) is 0 Å². The van der Waals surface area contributed by atoms with E-state index < -0.39 is 0 Å². The third-order valence-electron chi connectivity index (χ3n) is 3.78. The van der Waals surface area contributed by atoms with Gasteiger partial charge >= 0.3 is 0 Å². The van der Waals surface area contributed by atoms with Crippen molar-refractivity contribution in [3.8, 4) is 0 Å². The van der Waals surface area contributed by atoms with Gasteiger partial charge in [-0.2, -0.15) is 0 Å². The second-order valence-corrected chi connectivity index (χ2v) is 5.43. The highest BCUT2D eigenvalue weighted by Gasteiger charge is 2.25. The number of fused-ring (bicyclic) bond motifs is 1. The molecule has 0 saturated carbocycles. The maximum atomic E-state index is 12.0. The number of amides is 1. The minimum Gasteiger partial charge on any atom is -0.354 e. The zero-order valence-corrected chi connectivity index (χ0v) is 11.3. The molecule has 1 aromatic rings. The minimum atomic E-state index is -0.153. The molecule has 0 aromatic carbocycles. The molecule has 2 atom stereocenters. The van der Waals surface area contributed by atoms with E-state index in [0.29, 0.717) is 24.8 Å². The van der Waals surface area contributed by atoms with E-state index in [4.69, 9.17) is 0 Å². The molecular weight excluding hydrogens is 228 g/mol. The van der Waals surface area contributed by atoms with Crippen LogP contribution in [0.4, 0.5) is 0 Å². The maximum Gasteiger partial charge on any atom is 0.237 e. The van der Waals surface area contributed by atoms with Gasteiger partial charge in [-0.25, -0.2) is 4.98 Å². The van der Waals surface area contributed by atoms with Crippen LogP contribution in [-0.4, -0.2) is 28.5 Å². The van der Waals surface area contributed by atoms with Crippen molar-refractivity contribution in [1.29, 1.82) is 0 Å². The van der Waals surface area contributed by atoms with Crippen LogP contribution < -0.4 is 10.6 Å². The molecule has 0 fully saturated rings. The third-order valence-corrected chi connectivity index (χ3v) is 3.78. The summed E-state index contributed by atoms with van der Waals surface area (Å²) in [5.74, 6) is 1.16. The molecule has 1 aliphatic rings. The standard InChI is InChI=1S/C13H22N4O/c1-8(2)9(3)5-15-13(18)11-4-10-12(6-14-11)17-7-16-10/h7-9,11,14H,4-6H2,1-3H3,(H,15,18)(H,16,17). The smallest absolute Gasteiger partial charge is 0.237 e. The van der Waals surface area contributed by atoms with E-state index in [-0.39, 0.29) is 11.9 Å². The van der Waals surface area contributed by atoms with Gasteiger partial charge in [0.25, 0.3) is 0 Å². The topological polar surface area (TPSA) is 69.8 Å². The largest absolute Gasteiger partial charge is 0.354 e. The van der Waals surface area contributed by atoms with Crippen molar-refractivity contribution >= 4 is 5.91 Å². The quantitative estimate of drug-likeness (QED) is 0.741. The van der Waals surface area contributed by atoms with E-state index >= 15 is 0 Å². The highest BCUT2D eigenvalue weighted by molar-refractivity contribution is 5.82. The Bertz CT molecular complexity index is 413. The van der Waals surface area contributed by atoms with E-state index in [1.165, 1.54) is 0 Å². The lowest BCUT2D eigenvalue weighted by Gasteiger charge is -2.23. The van der Waals surface area contributed by atoms with E-state index in [9.17, 15) is 4.79 Å². The molecule has 18 heavy (non-hydrogen) atoms. The molecule has 0 aliphatic carbocycles. The highest BCUT2D eigenvalue weighted by atomic mass is 16.2. The van der Waals surface area contributed by atoms with Crippen molar-refractivity contribution in [2.45, 2.75) is 39.8 Å². The Balaban J connectivity index is 1.84. The Morgan fingerprint density at radius 3 is 3.06 bits per heavy atom. The Hall–Kier alpha value is -1.36. The first-order chi connectivity index (χ1) is 8.58. The van der Waals surface area contributed by atoms with Crippen LogP contribution in [0.15, 0.2) is 6.33 Å². The third kappa shape index (κ3) is 2.90. The van der Waals surface area contributed by atoms with E-state index in [2.05, 4.69) is 41.4 Å². The van der Waals surface area contributed by atoms with E-state index in [1.54, 1.807) is 6.33 Å². The Morgan fingerprint density at radius 2 is 2.33 bits per heavy atom. The van der Waals surface area contributed by atoms with Crippen LogP contribution in [0.1, 0.15) is 32.2 Å². The second-order valence-electron chi connectivity index (χ2n) is 5.43. The van der Waals surface area contributed by atoms with Crippen molar-refractivity contribution < 1.29 is 4.79 Å². The van der Waals surface area contributed by atoms with Gasteiger partial charge in [0.05, 0.1) is 23.8 Å². The lowest BCUT2D eigenvalue weighted by atomic mass is 9.98. The van der Waals surface area contributed by atoms with E-state index in [0.717, 1.165) is 17.9 Å². The number of aromatic nitrogens is 2. The lowest BCUT2D eigenvalue weighted by Crippen LogP contribution is -2.48. The normalized spacial score (nSPS) is 20.6. The fraction of sp³-hybridized carbons (Fsp3) is 0.692. The summed E-state index contributed by atoms with van der Waals surface area (Å²) in [4.78, 5) is 19.4. The van der Waals surface area contributed by atoms with Crippen molar-refractivity contribution in [2.24, 2.45) is 11.8 Å². The Kier molecular flexibility index (Phi) is 4.01. The van der Waals surface area contributed by atoms with Gasteiger partial charge in [-0.15, -0.1) is 0 Å². The lowest BCUT2D eigenvalue weighted by molar-refractivity contribution is -0.123. The van der Waals surface area contributed by atoms with Gasteiger partial charge in [0, 0.05) is 19.5 Å². The van der Waals surface area contributed by atoms with Crippen LogP contribution in [0.2, 0.25) is 0 Å². The highest BCUT2D eigenvalue weighted by Crippen LogP contribution is 2.12. The molecule has 0 saturated heterocycles. The first-order valence-corrected chi connectivity index (χ1v) is 6.60. The maximum absolute atomic E-state index is 12.0. The zero-order chi connectivity index (χ0) is 13.1. The monoisotopic (exact) mass is 250 g/mol. The average Bonchev–Trinajstić information content (AvgIpc) is 2.82. The number of hydrogen-bond acceptors (Lipinski definition) is 3. The van der Waals surface area contributed by atoms with Crippen molar-refractivity contribution in [3.05, 3.63) is 17.7 Å². The van der Waals surface area contributed by atoms with Crippen LogP contribution in [0.3, 0.4) is 0 Å². The number of nitrogens with zero attached hydrogens (tertiary/aromatic N) is 1. The van der Waals surface area contributed by atoms with Gasteiger partial charge in [0.15, 0.2) is 0 Å². The molecule has 0 spiro atoms. The molecule has 1 aromatic heterocycles. The molecule has 2 unspecified atom stereocenters. The average molecular weight is 250 g/mol. The van der Waals surface area contributed by atoms with Gasteiger partial charge in [0.1, 0.15) is 0 Å². The van der Waals surface area contributed by atoms with Gasteiger partial charge in [-0.1, -0.05) is 20.8 Å². The van der Waals surface area contributed by atoms with Gasteiger partial charge in [0.2, 0.25) is 5.91 Å². The summed E-state index contributed by atoms with van der Waals surface area (Å²) in [6.45, 7) is 7.93. The fourth-order valence-electron chi connectivity index (χ4n) is 1.97. The second kappa shape index (κ2) is 5.52. The number of carbonyl (C=O) groups excluding carboxylic acids is 1. The molecule has 1 amide bonds. The first kappa shape index (κ1) is 13.1. The molecule has 0 bridgehead atoms. The van der Waals surface area contributed by atoms with Crippen LogP contribution >= 0.6 is 0 Å². The van der Waals surface area contributed by atoms with Gasteiger partial charge in [-0.05, 0) is 11.8 Å². The fourth-order valence-corrected chi connectivity index (χ4v) is 1.97. The number of imidazole rings is 1. The summed E-state index contributed by atoms with van der Waals surface area (Å²) >= 11 is 0. The van der Waals surface area contributed by atoms with Crippen molar-refractivity contribution in [2.75, 3.05) is 6.54 Å². The number of aromatic amines is 1. The van der Waals surface area contributed by atoms with Crippen LogP contribution in [-0.2, 0) is 17.8 Å². The van der Waals surface area contributed by atoms with Crippen LogP contribution in [0.25, 0.3) is 0 Å². The van der Waals surface area contributed by atoms with Crippen molar-refractivity contribution in [3.63, 3.8) is 0 Å². The van der Waals surface area contributed by atoms with Crippen LogP contribution in [0, 0.1) is 11.8 Å². The Morgan fingerprint density at radius 1 is 1.56 bits per heavy atom. The predicted molar refractivity (Wildman–Crippen MR) is 69.9 cm³/mol. The summed E-state index contributed by atoms with van der Waals surface area (Å²) in [6.07, 6.45) is 2.36. The summed E-state index contributed by atoms with van der Waals surface area (Å²) < 4.78 is 0. The van der Waals surface area contributed by atoms with Gasteiger partial charge in [-0.3, -0.25) is 10.1 Å². The van der Waals surface area contributed by atoms with E-state index in [1.807, 2.05) is 0 Å². The van der Waals surface area contributed by atoms with Gasteiger partial charge < -0.3 is 10.3 Å². The SMILES string of the molecule is CC(C)C(C)CNC(=O)C1Cc2nc[nH]c2CN1. The molecule has 2 heterocycles. The summed E-state index contributed by atoms with van der Waals surface area (Å²) in [7, 11) is 0. The first-order valence-electron chi connectivity index (χ1n) is 6.60. The number of carbonyl (C=O) groups is 1. The molecule has 2 rings (SSSR count). The predicted octanol–water partition coefficient (Wildman–Crippen LogP) is 0.832. The summed E-state index contributed by atoms with van der Waals surface area (Å²) in [5.41, 5.74) is 2.10. The molecule has 3 N–H and O–H groups in total. The zero-order valence-electron chi connectivity index (χ0n) is 11.3. The summed E-state index contributed by atoms with van der Waals surface area (Å²) in [5, 5.41) is 6.25.